The molecule has 2 amide bonds. The SMILES string of the molecule is Cc1cccc(CC(=O)Nc2ccc(C#CC#Cc3ccc(NC(=O)Cc4cccc(OC(F)(F)F)c4)nc3)cn2)c1. The van der Waals surface area contributed by atoms with E-state index < -0.39 is 18.0 Å². The Morgan fingerprint density at radius 1 is 0.762 bits per heavy atom. The summed E-state index contributed by atoms with van der Waals surface area (Å²) in [6, 6.07) is 19.5. The zero-order valence-electron chi connectivity index (χ0n) is 22.3. The molecular weight excluding hydrogens is 545 g/mol. The summed E-state index contributed by atoms with van der Waals surface area (Å²) in [6.45, 7) is 1.97. The van der Waals surface area contributed by atoms with Crippen molar-refractivity contribution in [1.82, 2.24) is 9.97 Å². The first kappa shape index (κ1) is 29.4. The number of alkyl halides is 3. The molecule has 10 heteroatoms. The smallest absolute Gasteiger partial charge is 0.406 e. The molecule has 0 unspecified atom stereocenters. The van der Waals surface area contributed by atoms with Gasteiger partial charge in [-0.15, -0.1) is 13.2 Å². The monoisotopic (exact) mass is 568 g/mol. The normalized spacial score (nSPS) is 10.4. The lowest BCUT2D eigenvalue weighted by molar-refractivity contribution is -0.274. The van der Waals surface area contributed by atoms with Crippen molar-refractivity contribution in [3.63, 3.8) is 0 Å². The summed E-state index contributed by atoms with van der Waals surface area (Å²) in [5.74, 6) is 10.8. The number of nitrogens with zero attached hydrogens (tertiary/aromatic N) is 2. The Labute approximate surface area is 240 Å². The van der Waals surface area contributed by atoms with E-state index in [1.807, 2.05) is 31.2 Å². The molecule has 0 aliphatic carbocycles. The average molecular weight is 569 g/mol. The van der Waals surface area contributed by atoms with Gasteiger partial charge in [0.05, 0.1) is 12.8 Å². The molecule has 2 heterocycles. The highest BCUT2D eigenvalue weighted by Gasteiger charge is 2.31. The number of carbonyl (C=O) groups excluding carboxylic acids is 2. The van der Waals surface area contributed by atoms with Crippen molar-refractivity contribution in [1.29, 1.82) is 0 Å². The van der Waals surface area contributed by atoms with Crippen LogP contribution in [-0.2, 0) is 22.4 Å². The largest absolute Gasteiger partial charge is 0.573 e. The molecule has 42 heavy (non-hydrogen) atoms. The molecule has 4 rings (SSSR count). The van der Waals surface area contributed by atoms with Crippen LogP contribution in [0.15, 0.2) is 85.2 Å². The predicted octanol–water partition coefficient (Wildman–Crippen LogP) is 5.45. The van der Waals surface area contributed by atoms with Crippen LogP contribution in [0, 0.1) is 30.6 Å². The van der Waals surface area contributed by atoms with Gasteiger partial charge in [-0.05, 0) is 66.3 Å². The van der Waals surface area contributed by atoms with Gasteiger partial charge in [-0.1, -0.05) is 53.8 Å². The minimum Gasteiger partial charge on any atom is -0.406 e. The van der Waals surface area contributed by atoms with Crippen molar-refractivity contribution in [2.75, 3.05) is 10.6 Å². The van der Waals surface area contributed by atoms with Gasteiger partial charge in [0.2, 0.25) is 11.8 Å². The number of ether oxygens (including phenoxy) is 1. The molecule has 2 aromatic carbocycles. The topological polar surface area (TPSA) is 93.2 Å². The molecule has 7 nitrogen and oxygen atoms in total. The lowest BCUT2D eigenvalue weighted by atomic mass is 10.1. The predicted molar refractivity (Wildman–Crippen MR) is 151 cm³/mol. The fourth-order valence-corrected chi connectivity index (χ4v) is 3.71. The van der Waals surface area contributed by atoms with E-state index in [4.69, 9.17) is 0 Å². The lowest BCUT2D eigenvalue weighted by Crippen LogP contribution is -2.18. The Kier molecular flexibility index (Phi) is 9.54. The van der Waals surface area contributed by atoms with Gasteiger partial charge in [-0.2, -0.15) is 0 Å². The number of halogens is 3. The summed E-state index contributed by atoms with van der Waals surface area (Å²) in [6.07, 6.45) is -1.73. The van der Waals surface area contributed by atoms with Crippen LogP contribution in [0.5, 0.6) is 5.75 Å². The van der Waals surface area contributed by atoms with E-state index in [1.54, 1.807) is 24.3 Å². The zero-order valence-corrected chi connectivity index (χ0v) is 22.3. The molecule has 0 fully saturated rings. The van der Waals surface area contributed by atoms with E-state index in [-0.39, 0.29) is 24.6 Å². The number of aromatic nitrogens is 2. The van der Waals surface area contributed by atoms with E-state index in [2.05, 4.69) is 49.0 Å². The average Bonchev–Trinajstić information content (AvgIpc) is 2.92. The number of rotatable bonds is 7. The van der Waals surface area contributed by atoms with Gasteiger partial charge >= 0.3 is 6.36 Å². The second-order valence-corrected chi connectivity index (χ2v) is 9.00. The molecule has 0 aliphatic heterocycles. The number of nitrogens with one attached hydrogen (secondary N) is 2. The van der Waals surface area contributed by atoms with Gasteiger partial charge in [0, 0.05) is 23.5 Å². The van der Waals surface area contributed by atoms with Crippen molar-refractivity contribution >= 4 is 23.5 Å². The molecule has 2 aromatic heterocycles. The van der Waals surface area contributed by atoms with Crippen LogP contribution in [0.1, 0.15) is 27.8 Å². The lowest BCUT2D eigenvalue weighted by Gasteiger charge is -2.10. The van der Waals surface area contributed by atoms with Gasteiger partial charge in [-0.25, -0.2) is 9.97 Å². The van der Waals surface area contributed by atoms with E-state index in [0.717, 1.165) is 23.3 Å². The molecule has 0 saturated carbocycles. The van der Waals surface area contributed by atoms with Crippen LogP contribution in [-0.4, -0.2) is 28.1 Å². The molecule has 4 aromatic rings. The summed E-state index contributed by atoms with van der Waals surface area (Å²) < 4.78 is 41.1. The molecule has 0 radical (unpaired) electrons. The maximum Gasteiger partial charge on any atom is 0.573 e. The maximum atomic E-state index is 12.4. The number of carbonyl (C=O) groups is 2. The van der Waals surface area contributed by atoms with Gasteiger partial charge < -0.3 is 15.4 Å². The highest BCUT2D eigenvalue weighted by molar-refractivity contribution is 5.92. The highest BCUT2D eigenvalue weighted by Crippen LogP contribution is 2.23. The quantitative estimate of drug-likeness (QED) is 0.290. The maximum absolute atomic E-state index is 12.4. The fourth-order valence-electron chi connectivity index (χ4n) is 3.71. The summed E-state index contributed by atoms with van der Waals surface area (Å²) in [7, 11) is 0. The minimum atomic E-state index is -4.81. The van der Waals surface area contributed by atoms with E-state index in [9.17, 15) is 22.8 Å². The van der Waals surface area contributed by atoms with E-state index in [1.165, 1.54) is 24.5 Å². The summed E-state index contributed by atoms with van der Waals surface area (Å²) >= 11 is 0. The molecule has 2 N–H and O–H groups in total. The zero-order chi connectivity index (χ0) is 30.0. The van der Waals surface area contributed by atoms with Gasteiger partial charge in [0.25, 0.3) is 0 Å². The Bertz CT molecular complexity index is 1700. The van der Waals surface area contributed by atoms with Crippen LogP contribution in [0.25, 0.3) is 0 Å². The van der Waals surface area contributed by atoms with E-state index in [0.29, 0.717) is 22.5 Å². The minimum absolute atomic E-state index is 0.163. The molecule has 0 atom stereocenters. The molecule has 0 saturated heterocycles. The number of aryl methyl sites for hydroxylation is 1. The summed E-state index contributed by atoms with van der Waals surface area (Å²) in [5.41, 5.74) is 3.54. The third kappa shape index (κ3) is 9.85. The Balaban J connectivity index is 1.25. The first-order valence-corrected chi connectivity index (χ1v) is 12.6. The van der Waals surface area contributed by atoms with Crippen LogP contribution < -0.4 is 15.4 Å². The molecular formula is C32H23F3N4O3. The Morgan fingerprint density at radius 3 is 1.76 bits per heavy atom. The van der Waals surface area contributed by atoms with Crippen LogP contribution in [0.3, 0.4) is 0 Å². The molecule has 0 aliphatic rings. The van der Waals surface area contributed by atoms with Gasteiger partial charge in [-0.3, -0.25) is 9.59 Å². The number of hydrogen-bond donors (Lipinski definition) is 2. The van der Waals surface area contributed by atoms with Gasteiger partial charge in [0.15, 0.2) is 0 Å². The highest BCUT2D eigenvalue weighted by atomic mass is 19.4. The van der Waals surface area contributed by atoms with Crippen LogP contribution in [0.2, 0.25) is 0 Å². The third-order valence-electron chi connectivity index (χ3n) is 5.48. The first-order valence-electron chi connectivity index (χ1n) is 12.6. The molecule has 0 bridgehead atoms. The Hall–Kier alpha value is -5.61. The van der Waals surface area contributed by atoms with Crippen molar-refractivity contribution < 1.29 is 27.5 Å². The number of amides is 2. The first-order chi connectivity index (χ1) is 20.1. The van der Waals surface area contributed by atoms with Crippen molar-refractivity contribution in [2.24, 2.45) is 0 Å². The molecule has 210 valence electrons. The van der Waals surface area contributed by atoms with Gasteiger partial charge in [0.1, 0.15) is 17.4 Å². The van der Waals surface area contributed by atoms with Crippen LogP contribution >= 0.6 is 0 Å². The third-order valence-corrected chi connectivity index (χ3v) is 5.48. The summed E-state index contributed by atoms with van der Waals surface area (Å²) in [5, 5.41) is 5.34. The Morgan fingerprint density at radius 2 is 1.29 bits per heavy atom. The van der Waals surface area contributed by atoms with Crippen molar-refractivity contribution in [2.45, 2.75) is 26.1 Å². The van der Waals surface area contributed by atoms with E-state index >= 15 is 0 Å². The number of hydrogen-bond acceptors (Lipinski definition) is 5. The number of anilines is 2. The number of pyridine rings is 2. The summed E-state index contributed by atoms with van der Waals surface area (Å²) in [4.78, 5) is 32.9. The van der Waals surface area contributed by atoms with Crippen molar-refractivity contribution in [3.05, 3.63) is 113 Å². The second-order valence-electron chi connectivity index (χ2n) is 9.00. The number of benzene rings is 2. The molecule has 0 spiro atoms. The van der Waals surface area contributed by atoms with Crippen molar-refractivity contribution in [3.8, 4) is 29.4 Å². The standard InChI is InChI=1S/C32H23F3N4O3/c1-22-6-4-9-25(16-22)18-30(40)38-28-14-12-23(20-36-28)7-2-3-8-24-13-15-29(37-21-24)39-31(41)19-26-10-5-11-27(17-26)42-32(33,34)35/h4-6,9-17,20-21H,18-19H2,1H3,(H,36,38,40)(H,37,39,41). The fraction of sp³-hybridized carbons (Fsp3) is 0.125. The van der Waals surface area contributed by atoms with Crippen LogP contribution in [0.4, 0.5) is 24.8 Å². The second kappa shape index (κ2) is 13.6.